The minimum absolute atomic E-state index is 0.450. The molecular formula is C12H23NS. The van der Waals surface area contributed by atoms with Crippen LogP contribution in [0.1, 0.15) is 46.0 Å². The molecule has 0 amide bonds. The molecule has 1 saturated carbocycles. The number of likely N-dealkylation sites (tertiary alicyclic amines) is 1. The fourth-order valence-electron chi connectivity index (χ4n) is 2.90. The quantitative estimate of drug-likeness (QED) is 0.705. The van der Waals surface area contributed by atoms with Crippen molar-refractivity contribution in [1.82, 2.24) is 4.90 Å². The Balaban J connectivity index is 1.96. The van der Waals surface area contributed by atoms with E-state index in [4.69, 9.17) is 0 Å². The molecule has 0 atom stereocenters. The van der Waals surface area contributed by atoms with Gasteiger partial charge in [-0.05, 0) is 57.2 Å². The fraction of sp³-hybridized carbons (Fsp3) is 1.00. The van der Waals surface area contributed by atoms with Gasteiger partial charge in [0.2, 0.25) is 0 Å². The predicted octanol–water partition coefficient (Wildman–Crippen LogP) is 2.96. The Morgan fingerprint density at radius 2 is 1.86 bits per heavy atom. The number of hydrogen-bond acceptors (Lipinski definition) is 2. The molecule has 0 aromatic rings. The molecule has 1 heterocycles. The van der Waals surface area contributed by atoms with Crippen LogP contribution in [0.5, 0.6) is 0 Å². The van der Waals surface area contributed by atoms with Gasteiger partial charge < -0.3 is 0 Å². The molecule has 0 aromatic heterocycles. The van der Waals surface area contributed by atoms with Gasteiger partial charge in [0, 0.05) is 12.1 Å². The lowest BCUT2D eigenvalue weighted by molar-refractivity contribution is 0.0557. The zero-order valence-corrected chi connectivity index (χ0v) is 10.4. The SMILES string of the molecule is CC1(C)CCCN1CC1(CS)CCC1. The summed E-state index contributed by atoms with van der Waals surface area (Å²) in [6, 6.07) is 0. The summed E-state index contributed by atoms with van der Waals surface area (Å²) in [4.78, 5) is 2.70. The standard InChI is InChI=1S/C12H23NS/c1-11(2)5-4-8-13(11)9-12(10-14)6-3-7-12/h14H,3-10H2,1-2H3. The van der Waals surface area contributed by atoms with E-state index in [9.17, 15) is 0 Å². The van der Waals surface area contributed by atoms with E-state index in [1.807, 2.05) is 0 Å². The summed E-state index contributed by atoms with van der Waals surface area (Å²) in [7, 11) is 0. The molecule has 1 saturated heterocycles. The molecule has 2 rings (SSSR count). The highest BCUT2D eigenvalue weighted by Crippen LogP contribution is 2.44. The van der Waals surface area contributed by atoms with E-state index in [0.717, 1.165) is 5.75 Å². The van der Waals surface area contributed by atoms with Gasteiger partial charge in [0.15, 0.2) is 0 Å². The molecule has 0 radical (unpaired) electrons. The number of thiol groups is 1. The van der Waals surface area contributed by atoms with Crippen LogP contribution in [-0.4, -0.2) is 29.3 Å². The van der Waals surface area contributed by atoms with Gasteiger partial charge in [-0.15, -0.1) is 0 Å². The topological polar surface area (TPSA) is 3.24 Å². The Labute approximate surface area is 93.7 Å². The molecule has 0 spiro atoms. The second kappa shape index (κ2) is 3.71. The zero-order chi connectivity index (χ0) is 10.2. The summed E-state index contributed by atoms with van der Waals surface area (Å²) in [5.41, 5.74) is 1.02. The summed E-state index contributed by atoms with van der Waals surface area (Å²) in [6.07, 6.45) is 6.99. The second-order valence-electron chi connectivity index (χ2n) is 5.85. The number of hydrogen-bond donors (Lipinski definition) is 1. The molecule has 0 bridgehead atoms. The van der Waals surface area contributed by atoms with E-state index >= 15 is 0 Å². The van der Waals surface area contributed by atoms with E-state index in [0.29, 0.717) is 11.0 Å². The van der Waals surface area contributed by atoms with Crippen LogP contribution in [0.3, 0.4) is 0 Å². The Bertz CT molecular complexity index is 203. The van der Waals surface area contributed by atoms with Crippen molar-refractivity contribution < 1.29 is 0 Å². The van der Waals surface area contributed by atoms with Crippen LogP contribution >= 0.6 is 12.6 Å². The van der Waals surface area contributed by atoms with Crippen LogP contribution in [0.25, 0.3) is 0 Å². The van der Waals surface area contributed by atoms with Gasteiger partial charge in [-0.1, -0.05) is 6.42 Å². The number of nitrogens with zero attached hydrogens (tertiary/aromatic N) is 1. The van der Waals surface area contributed by atoms with Gasteiger partial charge in [-0.25, -0.2) is 0 Å². The van der Waals surface area contributed by atoms with E-state index in [-0.39, 0.29) is 0 Å². The molecule has 1 aliphatic heterocycles. The summed E-state index contributed by atoms with van der Waals surface area (Å²) >= 11 is 4.54. The van der Waals surface area contributed by atoms with Crippen molar-refractivity contribution in [3.8, 4) is 0 Å². The maximum atomic E-state index is 4.54. The smallest absolute Gasteiger partial charge is 0.0153 e. The molecule has 14 heavy (non-hydrogen) atoms. The van der Waals surface area contributed by atoms with Crippen molar-refractivity contribution in [3.63, 3.8) is 0 Å². The van der Waals surface area contributed by atoms with Gasteiger partial charge >= 0.3 is 0 Å². The second-order valence-corrected chi connectivity index (χ2v) is 6.17. The first kappa shape index (κ1) is 10.8. The normalized spacial score (nSPS) is 30.2. The third kappa shape index (κ3) is 1.83. The van der Waals surface area contributed by atoms with Gasteiger partial charge in [0.05, 0.1) is 0 Å². The minimum atomic E-state index is 0.450. The maximum Gasteiger partial charge on any atom is 0.0153 e. The largest absolute Gasteiger partial charge is 0.298 e. The van der Waals surface area contributed by atoms with Crippen LogP contribution < -0.4 is 0 Å². The Hall–Kier alpha value is 0.310. The highest BCUT2D eigenvalue weighted by Gasteiger charge is 2.41. The Morgan fingerprint density at radius 1 is 1.14 bits per heavy atom. The highest BCUT2D eigenvalue weighted by atomic mass is 32.1. The van der Waals surface area contributed by atoms with Crippen molar-refractivity contribution in [1.29, 1.82) is 0 Å². The molecule has 0 unspecified atom stereocenters. The van der Waals surface area contributed by atoms with Gasteiger partial charge in [0.1, 0.15) is 0 Å². The van der Waals surface area contributed by atoms with Crippen LogP contribution in [0, 0.1) is 5.41 Å². The summed E-state index contributed by atoms with van der Waals surface area (Å²) in [5, 5.41) is 0. The van der Waals surface area contributed by atoms with Crippen molar-refractivity contribution in [2.45, 2.75) is 51.5 Å². The number of rotatable bonds is 3. The highest BCUT2D eigenvalue weighted by molar-refractivity contribution is 7.80. The lowest BCUT2D eigenvalue weighted by Gasteiger charge is -2.46. The molecule has 1 nitrogen and oxygen atoms in total. The zero-order valence-electron chi connectivity index (χ0n) is 9.55. The molecule has 1 aliphatic carbocycles. The maximum absolute atomic E-state index is 4.54. The predicted molar refractivity (Wildman–Crippen MR) is 65.0 cm³/mol. The minimum Gasteiger partial charge on any atom is -0.298 e. The molecule has 0 N–H and O–H groups in total. The Kier molecular flexibility index (Phi) is 2.87. The van der Waals surface area contributed by atoms with Crippen molar-refractivity contribution in [2.75, 3.05) is 18.8 Å². The van der Waals surface area contributed by atoms with Crippen LogP contribution in [-0.2, 0) is 0 Å². The third-order valence-corrected chi connectivity index (χ3v) is 5.02. The average Bonchev–Trinajstić information content (AvgIpc) is 2.38. The van der Waals surface area contributed by atoms with Gasteiger partial charge in [-0.3, -0.25) is 4.90 Å². The lowest BCUT2D eigenvalue weighted by atomic mass is 9.69. The van der Waals surface area contributed by atoms with Gasteiger partial charge in [-0.2, -0.15) is 12.6 Å². The monoisotopic (exact) mass is 213 g/mol. The van der Waals surface area contributed by atoms with E-state index in [1.54, 1.807) is 0 Å². The van der Waals surface area contributed by atoms with E-state index < -0.39 is 0 Å². The molecule has 82 valence electrons. The fourth-order valence-corrected chi connectivity index (χ4v) is 3.32. The van der Waals surface area contributed by atoms with Crippen LogP contribution in [0.15, 0.2) is 0 Å². The Morgan fingerprint density at radius 3 is 2.21 bits per heavy atom. The first-order valence-electron chi connectivity index (χ1n) is 5.94. The van der Waals surface area contributed by atoms with Crippen molar-refractivity contribution >= 4 is 12.6 Å². The molecule has 0 aromatic carbocycles. The van der Waals surface area contributed by atoms with Crippen molar-refractivity contribution in [3.05, 3.63) is 0 Å². The van der Waals surface area contributed by atoms with E-state index in [1.165, 1.54) is 45.2 Å². The molecular weight excluding hydrogens is 190 g/mol. The summed E-state index contributed by atoms with van der Waals surface area (Å²) in [6.45, 7) is 7.39. The third-order valence-electron chi connectivity index (χ3n) is 4.35. The first-order chi connectivity index (χ1) is 6.58. The van der Waals surface area contributed by atoms with Gasteiger partial charge in [0.25, 0.3) is 0 Å². The van der Waals surface area contributed by atoms with Crippen LogP contribution in [0.2, 0.25) is 0 Å². The molecule has 2 fully saturated rings. The summed E-state index contributed by atoms with van der Waals surface area (Å²) in [5.74, 6) is 1.08. The molecule has 2 aliphatic rings. The first-order valence-corrected chi connectivity index (χ1v) is 6.57. The summed E-state index contributed by atoms with van der Waals surface area (Å²) < 4.78 is 0. The average molecular weight is 213 g/mol. The van der Waals surface area contributed by atoms with Crippen molar-refractivity contribution in [2.24, 2.45) is 5.41 Å². The lowest BCUT2D eigenvalue weighted by Crippen LogP contribution is -2.49. The van der Waals surface area contributed by atoms with E-state index in [2.05, 4.69) is 31.4 Å². The van der Waals surface area contributed by atoms with Crippen LogP contribution in [0.4, 0.5) is 0 Å². The molecule has 2 heteroatoms.